The standard InChI is InChI=1S/C21H20N2O3/c1-21(2)17-9-5-7-11-19(17)22(3)20(21)14-16(24)13-12-15-8-4-6-10-18(15)23(25)26/h4-14H,1-3H3/b13-12+,20-14-. The number of nitrogens with zero attached hydrogens (tertiary/aromatic N) is 2. The summed E-state index contributed by atoms with van der Waals surface area (Å²) < 4.78 is 0. The number of hydrogen-bond donors (Lipinski definition) is 0. The summed E-state index contributed by atoms with van der Waals surface area (Å²) in [6, 6.07) is 14.4. The third-order valence-electron chi connectivity index (χ3n) is 4.78. The summed E-state index contributed by atoms with van der Waals surface area (Å²) in [7, 11) is 1.94. The lowest BCUT2D eigenvalue weighted by molar-refractivity contribution is -0.385. The quantitative estimate of drug-likeness (QED) is 0.464. The average molecular weight is 348 g/mol. The Balaban J connectivity index is 1.90. The van der Waals surface area contributed by atoms with Crippen molar-refractivity contribution in [2.24, 2.45) is 0 Å². The number of rotatable bonds is 4. The van der Waals surface area contributed by atoms with Crippen LogP contribution in [-0.2, 0) is 10.2 Å². The molecule has 0 saturated heterocycles. The van der Waals surface area contributed by atoms with Crippen molar-refractivity contribution < 1.29 is 9.72 Å². The van der Waals surface area contributed by atoms with E-state index in [1.807, 2.05) is 30.1 Å². The van der Waals surface area contributed by atoms with Crippen molar-refractivity contribution in [3.8, 4) is 0 Å². The smallest absolute Gasteiger partial charge is 0.276 e. The minimum Gasteiger partial charge on any atom is -0.347 e. The van der Waals surface area contributed by atoms with Gasteiger partial charge in [-0.15, -0.1) is 0 Å². The molecule has 0 fully saturated rings. The first-order valence-corrected chi connectivity index (χ1v) is 8.33. The van der Waals surface area contributed by atoms with Crippen LogP contribution < -0.4 is 4.90 Å². The predicted octanol–water partition coefficient (Wildman–Crippen LogP) is 4.49. The van der Waals surface area contributed by atoms with Gasteiger partial charge < -0.3 is 4.90 Å². The zero-order valence-electron chi connectivity index (χ0n) is 15.0. The van der Waals surface area contributed by atoms with Gasteiger partial charge in [0.15, 0.2) is 5.78 Å². The van der Waals surface area contributed by atoms with E-state index in [-0.39, 0.29) is 16.9 Å². The number of hydrogen-bond acceptors (Lipinski definition) is 4. The van der Waals surface area contributed by atoms with Gasteiger partial charge in [-0.2, -0.15) is 0 Å². The second kappa shape index (κ2) is 6.59. The summed E-state index contributed by atoms with van der Waals surface area (Å²) in [6.07, 6.45) is 4.47. The van der Waals surface area contributed by atoms with E-state index in [4.69, 9.17) is 0 Å². The Morgan fingerprint density at radius 1 is 1.12 bits per heavy atom. The Hall–Kier alpha value is -3.21. The number of nitro benzene ring substituents is 1. The highest BCUT2D eigenvalue weighted by atomic mass is 16.6. The van der Waals surface area contributed by atoms with Crippen LogP contribution >= 0.6 is 0 Å². The van der Waals surface area contributed by atoms with Crippen LogP contribution in [0.2, 0.25) is 0 Å². The van der Waals surface area contributed by atoms with Crippen LogP contribution in [0.15, 0.2) is 66.4 Å². The normalized spacial score (nSPS) is 16.9. The summed E-state index contributed by atoms with van der Waals surface area (Å²) in [6.45, 7) is 4.17. The fourth-order valence-electron chi connectivity index (χ4n) is 3.41. The molecule has 2 aromatic carbocycles. The summed E-state index contributed by atoms with van der Waals surface area (Å²) in [5.74, 6) is -0.203. The van der Waals surface area contributed by atoms with Crippen LogP contribution in [0, 0.1) is 10.1 Å². The number of ketones is 1. The minimum atomic E-state index is -0.451. The number of nitro groups is 1. The van der Waals surface area contributed by atoms with Gasteiger partial charge in [-0.1, -0.05) is 44.2 Å². The van der Waals surface area contributed by atoms with Crippen LogP contribution in [0.3, 0.4) is 0 Å². The topological polar surface area (TPSA) is 63.5 Å². The van der Waals surface area contributed by atoms with Gasteiger partial charge in [0, 0.05) is 36.0 Å². The number of para-hydroxylation sites is 2. The van der Waals surface area contributed by atoms with E-state index in [0.717, 1.165) is 11.4 Å². The SMILES string of the molecule is CN1/C(=C\C(=O)/C=C/c2ccccc2[N+](=O)[O-])C(C)(C)c2ccccc21. The molecule has 1 aliphatic rings. The second-order valence-electron chi connectivity index (χ2n) is 6.78. The highest BCUT2D eigenvalue weighted by molar-refractivity contribution is 6.03. The van der Waals surface area contributed by atoms with Gasteiger partial charge in [-0.25, -0.2) is 0 Å². The number of carbonyl (C=O) groups excluding carboxylic acids is 1. The Bertz CT molecular complexity index is 942. The van der Waals surface area contributed by atoms with Gasteiger partial charge >= 0.3 is 0 Å². The molecule has 0 spiro atoms. The summed E-state index contributed by atoms with van der Waals surface area (Å²) >= 11 is 0. The van der Waals surface area contributed by atoms with E-state index in [0.29, 0.717) is 5.56 Å². The minimum absolute atomic E-state index is 0.0186. The molecule has 132 valence electrons. The van der Waals surface area contributed by atoms with Crippen LogP contribution in [0.25, 0.3) is 6.08 Å². The molecule has 5 heteroatoms. The highest BCUT2D eigenvalue weighted by Gasteiger charge is 2.38. The van der Waals surface area contributed by atoms with Crippen LogP contribution in [0.1, 0.15) is 25.0 Å². The molecule has 2 aromatic rings. The molecule has 5 nitrogen and oxygen atoms in total. The van der Waals surface area contributed by atoms with Crippen molar-refractivity contribution in [3.05, 3.63) is 87.6 Å². The third kappa shape index (κ3) is 3.04. The molecule has 0 aliphatic carbocycles. The zero-order valence-corrected chi connectivity index (χ0v) is 15.0. The molecular weight excluding hydrogens is 328 g/mol. The van der Waals surface area contributed by atoms with E-state index in [1.54, 1.807) is 24.3 Å². The fourth-order valence-corrected chi connectivity index (χ4v) is 3.41. The molecule has 1 heterocycles. The van der Waals surface area contributed by atoms with Gasteiger partial charge in [0.2, 0.25) is 0 Å². The molecule has 0 aromatic heterocycles. The molecule has 0 N–H and O–H groups in total. The van der Waals surface area contributed by atoms with Gasteiger partial charge in [0.05, 0.1) is 10.5 Å². The van der Waals surface area contributed by atoms with E-state index < -0.39 is 4.92 Å². The first kappa shape index (κ1) is 17.6. The first-order chi connectivity index (χ1) is 12.3. The molecule has 0 radical (unpaired) electrons. The molecule has 0 unspecified atom stereocenters. The predicted molar refractivity (Wildman–Crippen MR) is 103 cm³/mol. The third-order valence-corrected chi connectivity index (χ3v) is 4.78. The maximum atomic E-state index is 12.5. The van der Waals surface area contributed by atoms with E-state index in [1.165, 1.54) is 23.8 Å². The maximum Gasteiger partial charge on any atom is 0.276 e. The van der Waals surface area contributed by atoms with Crippen molar-refractivity contribution >= 4 is 23.2 Å². The van der Waals surface area contributed by atoms with Gasteiger partial charge in [0.25, 0.3) is 5.69 Å². The number of fused-ring (bicyclic) bond motifs is 1. The summed E-state index contributed by atoms with van der Waals surface area (Å²) in [5.41, 5.74) is 3.26. The first-order valence-electron chi connectivity index (χ1n) is 8.33. The number of carbonyl (C=O) groups is 1. The lowest BCUT2D eigenvalue weighted by atomic mass is 9.83. The number of anilines is 1. The van der Waals surface area contributed by atoms with E-state index in [9.17, 15) is 14.9 Å². The second-order valence-corrected chi connectivity index (χ2v) is 6.78. The van der Waals surface area contributed by atoms with E-state index in [2.05, 4.69) is 19.9 Å². The number of allylic oxidation sites excluding steroid dienone is 3. The lowest BCUT2D eigenvalue weighted by Crippen LogP contribution is -2.23. The summed E-state index contributed by atoms with van der Waals surface area (Å²) in [4.78, 5) is 25.1. The molecular formula is C21H20N2O3. The van der Waals surface area contributed by atoms with Gasteiger partial charge in [0.1, 0.15) is 0 Å². The Morgan fingerprint density at radius 3 is 2.46 bits per heavy atom. The highest BCUT2D eigenvalue weighted by Crippen LogP contribution is 2.46. The van der Waals surface area contributed by atoms with Gasteiger partial charge in [-0.05, 0) is 29.8 Å². The van der Waals surface area contributed by atoms with Gasteiger partial charge in [-0.3, -0.25) is 14.9 Å². The monoisotopic (exact) mass is 348 g/mol. The molecule has 0 saturated carbocycles. The molecule has 0 bridgehead atoms. The lowest BCUT2D eigenvalue weighted by Gasteiger charge is -2.23. The molecule has 0 atom stereocenters. The van der Waals surface area contributed by atoms with Crippen LogP contribution in [-0.4, -0.2) is 17.8 Å². The Kier molecular flexibility index (Phi) is 4.47. The van der Waals surface area contributed by atoms with Crippen LogP contribution in [0.4, 0.5) is 11.4 Å². The molecule has 26 heavy (non-hydrogen) atoms. The Labute approximate surface area is 152 Å². The largest absolute Gasteiger partial charge is 0.347 e. The van der Waals surface area contributed by atoms with Crippen molar-refractivity contribution in [2.75, 3.05) is 11.9 Å². The van der Waals surface area contributed by atoms with Crippen molar-refractivity contribution in [3.63, 3.8) is 0 Å². The molecule has 0 amide bonds. The number of benzene rings is 2. The molecule has 1 aliphatic heterocycles. The van der Waals surface area contributed by atoms with Crippen LogP contribution in [0.5, 0.6) is 0 Å². The van der Waals surface area contributed by atoms with Crippen molar-refractivity contribution in [1.29, 1.82) is 0 Å². The van der Waals surface area contributed by atoms with E-state index >= 15 is 0 Å². The summed E-state index contributed by atoms with van der Waals surface area (Å²) in [5, 5.41) is 11.1. The molecule has 3 rings (SSSR count). The average Bonchev–Trinajstić information content (AvgIpc) is 2.81. The van der Waals surface area contributed by atoms with Crippen molar-refractivity contribution in [1.82, 2.24) is 0 Å². The number of likely N-dealkylation sites (N-methyl/N-ethyl adjacent to an activating group) is 1. The maximum absolute atomic E-state index is 12.5. The van der Waals surface area contributed by atoms with Crippen molar-refractivity contribution in [2.45, 2.75) is 19.3 Å². The Morgan fingerprint density at radius 2 is 1.77 bits per heavy atom. The fraction of sp³-hybridized carbons (Fsp3) is 0.190. The zero-order chi connectivity index (χ0) is 18.9.